The standard InChI is InChI=1S/C7H5Br2ClS/c8-7(9)3-4(7)5-1-2-6(10)11-5/h1-2,4H,3H2. The van der Waals surface area contributed by atoms with Gasteiger partial charge in [0.2, 0.25) is 0 Å². The van der Waals surface area contributed by atoms with Crippen molar-refractivity contribution < 1.29 is 0 Å². The topological polar surface area (TPSA) is 0 Å². The minimum Gasteiger partial charge on any atom is -0.128 e. The maximum Gasteiger partial charge on any atom is 0.0931 e. The van der Waals surface area contributed by atoms with Crippen LogP contribution in [0.5, 0.6) is 0 Å². The van der Waals surface area contributed by atoms with Gasteiger partial charge in [-0.3, -0.25) is 0 Å². The monoisotopic (exact) mass is 314 g/mol. The van der Waals surface area contributed by atoms with Crippen molar-refractivity contribution in [3.05, 3.63) is 21.3 Å². The molecule has 1 heterocycles. The summed E-state index contributed by atoms with van der Waals surface area (Å²) < 4.78 is 1.04. The van der Waals surface area contributed by atoms with Gasteiger partial charge in [-0.1, -0.05) is 43.5 Å². The molecular formula is C7H5Br2ClS. The lowest BCUT2D eigenvalue weighted by atomic mass is 10.3. The van der Waals surface area contributed by atoms with Gasteiger partial charge in [0.15, 0.2) is 0 Å². The van der Waals surface area contributed by atoms with Crippen molar-refractivity contribution in [2.75, 3.05) is 0 Å². The Morgan fingerprint density at radius 2 is 2.18 bits per heavy atom. The molecule has 4 heteroatoms. The summed E-state index contributed by atoms with van der Waals surface area (Å²) in [5, 5.41) is 0. The van der Waals surface area contributed by atoms with Crippen LogP contribution in [-0.2, 0) is 0 Å². The van der Waals surface area contributed by atoms with E-state index in [1.54, 1.807) is 11.3 Å². The first-order chi connectivity index (χ1) is 5.09. The Balaban J connectivity index is 2.20. The third-order valence-corrected chi connectivity index (χ3v) is 4.86. The first-order valence-corrected chi connectivity index (χ1v) is 6.01. The smallest absolute Gasteiger partial charge is 0.0931 e. The molecule has 1 aromatic rings. The van der Waals surface area contributed by atoms with Gasteiger partial charge in [0.25, 0.3) is 0 Å². The number of alkyl halides is 2. The Kier molecular flexibility index (Phi) is 2.12. The van der Waals surface area contributed by atoms with E-state index < -0.39 is 0 Å². The zero-order valence-corrected chi connectivity index (χ0v) is 10.2. The molecule has 1 aliphatic carbocycles. The Morgan fingerprint density at radius 3 is 2.55 bits per heavy atom. The predicted octanol–water partition coefficient (Wildman–Crippen LogP) is 4.37. The number of halogens is 3. The van der Waals surface area contributed by atoms with Gasteiger partial charge in [-0.25, -0.2) is 0 Å². The van der Waals surface area contributed by atoms with Gasteiger partial charge in [0.05, 0.1) is 7.57 Å². The first-order valence-electron chi connectivity index (χ1n) is 3.23. The maximum atomic E-state index is 5.81. The molecule has 60 valence electrons. The fourth-order valence-corrected chi connectivity index (χ4v) is 3.74. The quantitative estimate of drug-likeness (QED) is 0.675. The second-order valence-corrected chi connectivity index (χ2v) is 8.30. The molecule has 1 aliphatic rings. The van der Waals surface area contributed by atoms with Crippen LogP contribution in [0.2, 0.25) is 4.34 Å². The van der Waals surface area contributed by atoms with Gasteiger partial charge >= 0.3 is 0 Å². The third-order valence-electron chi connectivity index (χ3n) is 1.76. The van der Waals surface area contributed by atoms with Crippen molar-refractivity contribution >= 4 is 54.8 Å². The molecule has 0 aliphatic heterocycles. The minimum absolute atomic E-state index is 0.161. The van der Waals surface area contributed by atoms with E-state index in [1.807, 2.05) is 6.07 Å². The van der Waals surface area contributed by atoms with Crippen LogP contribution < -0.4 is 0 Å². The predicted molar refractivity (Wildman–Crippen MR) is 57.3 cm³/mol. The van der Waals surface area contributed by atoms with Crippen molar-refractivity contribution in [2.24, 2.45) is 0 Å². The summed E-state index contributed by atoms with van der Waals surface area (Å²) in [7, 11) is 0. The Morgan fingerprint density at radius 1 is 1.55 bits per heavy atom. The number of rotatable bonds is 1. The molecule has 1 unspecified atom stereocenters. The molecule has 2 rings (SSSR count). The minimum atomic E-state index is 0.161. The molecule has 0 saturated heterocycles. The van der Waals surface area contributed by atoms with Crippen LogP contribution in [0.1, 0.15) is 17.2 Å². The molecule has 0 aromatic carbocycles. The average Bonchev–Trinajstić information content (AvgIpc) is 2.39. The Bertz CT molecular complexity index is 282. The third kappa shape index (κ3) is 1.67. The van der Waals surface area contributed by atoms with E-state index in [0.717, 1.165) is 10.8 Å². The van der Waals surface area contributed by atoms with Gasteiger partial charge < -0.3 is 0 Å². The zero-order chi connectivity index (χ0) is 8.06. The summed E-state index contributed by atoms with van der Waals surface area (Å²) in [5.41, 5.74) is 0. The Labute approximate surface area is 91.2 Å². The van der Waals surface area contributed by atoms with E-state index in [2.05, 4.69) is 37.9 Å². The fraction of sp³-hybridized carbons (Fsp3) is 0.429. The summed E-state index contributed by atoms with van der Waals surface area (Å²) in [6, 6.07) is 4.05. The van der Waals surface area contributed by atoms with E-state index >= 15 is 0 Å². The van der Waals surface area contributed by atoms with E-state index in [9.17, 15) is 0 Å². The van der Waals surface area contributed by atoms with Crippen molar-refractivity contribution in [2.45, 2.75) is 15.6 Å². The van der Waals surface area contributed by atoms with Crippen LogP contribution in [0.4, 0.5) is 0 Å². The van der Waals surface area contributed by atoms with E-state index in [4.69, 9.17) is 11.6 Å². The van der Waals surface area contributed by atoms with E-state index in [-0.39, 0.29) is 3.23 Å². The second-order valence-electron chi connectivity index (χ2n) is 2.66. The molecule has 0 amide bonds. The molecular weight excluding hydrogens is 311 g/mol. The Hall–Kier alpha value is 0.950. The number of hydrogen-bond acceptors (Lipinski definition) is 1. The molecule has 0 spiro atoms. The van der Waals surface area contributed by atoms with Crippen LogP contribution in [0.15, 0.2) is 12.1 Å². The van der Waals surface area contributed by atoms with Crippen molar-refractivity contribution in [1.82, 2.24) is 0 Å². The van der Waals surface area contributed by atoms with Crippen molar-refractivity contribution in [1.29, 1.82) is 0 Å². The zero-order valence-electron chi connectivity index (χ0n) is 5.48. The second kappa shape index (κ2) is 2.72. The molecule has 0 N–H and O–H groups in total. The molecule has 0 radical (unpaired) electrons. The summed E-state index contributed by atoms with van der Waals surface area (Å²) in [5.74, 6) is 0.611. The summed E-state index contributed by atoms with van der Waals surface area (Å²) in [6.45, 7) is 0. The highest BCUT2D eigenvalue weighted by molar-refractivity contribution is 9.25. The van der Waals surface area contributed by atoms with Gasteiger partial charge in [-0.05, 0) is 18.6 Å². The highest BCUT2D eigenvalue weighted by Gasteiger charge is 2.51. The first kappa shape index (κ1) is 8.54. The fourth-order valence-electron chi connectivity index (χ4n) is 1.04. The lowest BCUT2D eigenvalue weighted by Crippen LogP contribution is -1.83. The SMILES string of the molecule is Clc1ccc(C2CC2(Br)Br)s1. The summed E-state index contributed by atoms with van der Waals surface area (Å²) in [4.78, 5) is 1.36. The normalized spacial score (nSPS) is 27.0. The molecule has 11 heavy (non-hydrogen) atoms. The van der Waals surface area contributed by atoms with Crippen LogP contribution in [0.3, 0.4) is 0 Å². The van der Waals surface area contributed by atoms with Gasteiger partial charge in [0, 0.05) is 10.8 Å². The molecule has 1 aromatic heterocycles. The van der Waals surface area contributed by atoms with Crippen LogP contribution >= 0.6 is 54.8 Å². The van der Waals surface area contributed by atoms with Crippen molar-refractivity contribution in [3.63, 3.8) is 0 Å². The summed E-state index contributed by atoms with van der Waals surface area (Å²) >= 11 is 14.6. The van der Waals surface area contributed by atoms with Crippen molar-refractivity contribution in [3.8, 4) is 0 Å². The van der Waals surface area contributed by atoms with E-state index in [1.165, 1.54) is 4.88 Å². The van der Waals surface area contributed by atoms with Crippen LogP contribution in [0, 0.1) is 0 Å². The maximum absolute atomic E-state index is 5.81. The van der Waals surface area contributed by atoms with Crippen LogP contribution in [-0.4, -0.2) is 3.23 Å². The molecule has 1 atom stereocenters. The largest absolute Gasteiger partial charge is 0.128 e. The number of hydrogen-bond donors (Lipinski definition) is 0. The molecule has 1 fully saturated rings. The van der Waals surface area contributed by atoms with Gasteiger partial charge in [-0.15, -0.1) is 11.3 Å². The average molecular weight is 316 g/mol. The highest BCUT2D eigenvalue weighted by Crippen LogP contribution is 2.63. The summed E-state index contributed by atoms with van der Waals surface area (Å²) in [6.07, 6.45) is 1.16. The number of thiophene rings is 1. The lowest BCUT2D eigenvalue weighted by Gasteiger charge is -1.94. The van der Waals surface area contributed by atoms with Gasteiger partial charge in [0.1, 0.15) is 0 Å². The molecule has 0 bridgehead atoms. The lowest BCUT2D eigenvalue weighted by molar-refractivity contribution is 1.18. The van der Waals surface area contributed by atoms with Gasteiger partial charge in [-0.2, -0.15) is 0 Å². The molecule has 1 saturated carbocycles. The van der Waals surface area contributed by atoms with E-state index in [0.29, 0.717) is 5.92 Å². The highest BCUT2D eigenvalue weighted by atomic mass is 79.9. The molecule has 0 nitrogen and oxygen atoms in total. The van der Waals surface area contributed by atoms with Crippen LogP contribution in [0.25, 0.3) is 0 Å².